The summed E-state index contributed by atoms with van der Waals surface area (Å²) >= 11 is 0. The first-order valence-electron chi connectivity index (χ1n) is 7.18. The highest BCUT2D eigenvalue weighted by atomic mass is 16.2. The first-order valence-corrected chi connectivity index (χ1v) is 7.18. The van der Waals surface area contributed by atoms with Crippen LogP contribution in [0.5, 0.6) is 0 Å². The number of benzene rings is 1. The van der Waals surface area contributed by atoms with Crippen molar-refractivity contribution in [3.8, 4) is 0 Å². The van der Waals surface area contributed by atoms with Crippen LogP contribution >= 0.6 is 0 Å². The summed E-state index contributed by atoms with van der Waals surface area (Å²) in [6.07, 6.45) is 2.59. The number of nitrogens with zero attached hydrogens (tertiary/aromatic N) is 2. The van der Waals surface area contributed by atoms with E-state index in [1.165, 1.54) is 16.5 Å². The molecule has 4 nitrogen and oxygen atoms in total. The van der Waals surface area contributed by atoms with E-state index in [1.54, 1.807) is 0 Å². The SMILES string of the molecule is Cc1ccc2c(CC(=O)N3CCNCC3)cn(C)c2c1. The number of piperazine rings is 1. The van der Waals surface area contributed by atoms with Gasteiger partial charge in [0.25, 0.3) is 0 Å². The second-order valence-corrected chi connectivity index (χ2v) is 5.59. The predicted molar refractivity (Wildman–Crippen MR) is 80.8 cm³/mol. The van der Waals surface area contributed by atoms with Crippen LogP contribution in [0.1, 0.15) is 11.1 Å². The van der Waals surface area contributed by atoms with E-state index in [0.29, 0.717) is 6.42 Å². The van der Waals surface area contributed by atoms with Crippen LogP contribution in [-0.4, -0.2) is 41.6 Å². The number of hydrogen-bond donors (Lipinski definition) is 1. The Bertz CT molecular complexity index is 638. The van der Waals surface area contributed by atoms with Crippen molar-refractivity contribution in [2.24, 2.45) is 7.05 Å². The van der Waals surface area contributed by atoms with Gasteiger partial charge in [0.2, 0.25) is 5.91 Å². The third kappa shape index (κ3) is 2.43. The number of carbonyl (C=O) groups excluding carboxylic acids is 1. The summed E-state index contributed by atoms with van der Waals surface area (Å²) in [6.45, 7) is 5.55. The Morgan fingerprint density at radius 1 is 1.30 bits per heavy atom. The number of nitrogens with one attached hydrogen (secondary N) is 1. The molecule has 2 aromatic rings. The number of fused-ring (bicyclic) bond motifs is 1. The van der Waals surface area contributed by atoms with Crippen molar-refractivity contribution in [2.75, 3.05) is 26.2 Å². The van der Waals surface area contributed by atoms with Crippen LogP contribution in [0.3, 0.4) is 0 Å². The van der Waals surface area contributed by atoms with Crippen molar-refractivity contribution in [1.29, 1.82) is 0 Å². The lowest BCUT2D eigenvalue weighted by atomic mass is 10.1. The molecule has 0 aliphatic carbocycles. The van der Waals surface area contributed by atoms with Crippen molar-refractivity contribution in [2.45, 2.75) is 13.3 Å². The highest BCUT2D eigenvalue weighted by Crippen LogP contribution is 2.22. The number of rotatable bonds is 2. The average Bonchev–Trinajstić information content (AvgIpc) is 2.76. The van der Waals surface area contributed by atoms with Crippen LogP contribution < -0.4 is 5.32 Å². The van der Waals surface area contributed by atoms with E-state index in [2.05, 4.69) is 41.2 Å². The molecule has 1 aliphatic heterocycles. The Balaban J connectivity index is 1.85. The largest absolute Gasteiger partial charge is 0.350 e. The molecule has 0 atom stereocenters. The van der Waals surface area contributed by atoms with Gasteiger partial charge in [-0.25, -0.2) is 0 Å². The molecule has 1 saturated heterocycles. The monoisotopic (exact) mass is 271 g/mol. The van der Waals surface area contributed by atoms with E-state index in [1.807, 2.05) is 11.9 Å². The summed E-state index contributed by atoms with van der Waals surface area (Å²) in [7, 11) is 2.04. The Morgan fingerprint density at radius 3 is 2.80 bits per heavy atom. The third-order valence-corrected chi connectivity index (χ3v) is 4.04. The zero-order chi connectivity index (χ0) is 14.1. The molecule has 0 radical (unpaired) electrons. The van der Waals surface area contributed by atoms with Crippen molar-refractivity contribution < 1.29 is 4.79 Å². The molecule has 106 valence electrons. The first-order chi connectivity index (χ1) is 9.65. The summed E-state index contributed by atoms with van der Waals surface area (Å²) in [5.41, 5.74) is 3.58. The minimum absolute atomic E-state index is 0.236. The van der Waals surface area contributed by atoms with E-state index in [0.717, 1.165) is 31.7 Å². The van der Waals surface area contributed by atoms with Crippen LogP contribution in [0.2, 0.25) is 0 Å². The van der Waals surface area contributed by atoms with E-state index in [9.17, 15) is 4.79 Å². The molecule has 1 fully saturated rings. The van der Waals surface area contributed by atoms with Gasteiger partial charge in [0.05, 0.1) is 6.42 Å². The molecule has 0 unspecified atom stereocenters. The Hall–Kier alpha value is -1.81. The molecular weight excluding hydrogens is 250 g/mol. The quantitative estimate of drug-likeness (QED) is 0.898. The Labute approximate surface area is 119 Å². The fourth-order valence-corrected chi connectivity index (χ4v) is 2.91. The number of hydrogen-bond acceptors (Lipinski definition) is 2. The normalized spacial score (nSPS) is 15.8. The van der Waals surface area contributed by atoms with Crippen LogP contribution in [0.25, 0.3) is 10.9 Å². The van der Waals surface area contributed by atoms with E-state index < -0.39 is 0 Å². The number of carbonyl (C=O) groups is 1. The molecule has 20 heavy (non-hydrogen) atoms. The summed E-state index contributed by atoms with van der Waals surface area (Å²) in [5, 5.41) is 4.47. The van der Waals surface area contributed by atoms with Crippen molar-refractivity contribution in [3.63, 3.8) is 0 Å². The molecule has 1 amide bonds. The fraction of sp³-hybridized carbons (Fsp3) is 0.438. The minimum Gasteiger partial charge on any atom is -0.350 e. The zero-order valence-electron chi connectivity index (χ0n) is 12.1. The van der Waals surface area contributed by atoms with E-state index in [-0.39, 0.29) is 5.91 Å². The van der Waals surface area contributed by atoms with Gasteiger partial charge in [-0.1, -0.05) is 12.1 Å². The van der Waals surface area contributed by atoms with Gasteiger partial charge in [-0.15, -0.1) is 0 Å². The van der Waals surface area contributed by atoms with Gasteiger partial charge in [0.15, 0.2) is 0 Å². The van der Waals surface area contributed by atoms with Crippen molar-refractivity contribution >= 4 is 16.8 Å². The van der Waals surface area contributed by atoms with Gasteiger partial charge >= 0.3 is 0 Å². The molecule has 1 aromatic heterocycles. The van der Waals surface area contributed by atoms with E-state index >= 15 is 0 Å². The summed E-state index contributed by atoms with van der Waals surface area (Å²) in [4.78, 5) is 14.3. The molecule has 2 heterocycles. The van der Waals surface area contributed by atoms with Gasteiger partial charge in [-0.05, 0) is 24.1 Å². The lowest BCUT2D eigenvalue weighted by Gasteiger charge is -2.27. The fourth-order valence-electron chi connectivity index (χ4n) is 2.91. The standard InChI is InChI=1S/C16H21N3O/c1-12-3-4-14-13(11-18(2)15(14)9-12)10-16(20)19-7-5-17-6-8-19/h3-4,9,11,17H,5-8,10H2,1-2H3. The molecule has 4 heteroatoms. The third-order valence-electron chi connectivity index (χ3n) is 4.04. The predicted octanol–water partition coefficient (Wildman–Crippen LogP) is 1.46. The molecule has 0 saturated carbocycles. The Morgan fingerprint density at radius 2 is 2.05 bits per heavy atom. The van der Waals surface area contributed by atoms with Crippen molar-refractivity contribution in [1.82, 2.24) is 14.8 Å². The maximum Gasteiger partial charge on any atom is 0.227 e. The smallest absolute Gasteiger partial charge is 0.227 e. The maximum absolute atomic E-state index is 12.4. The molecule has 1 N–H and O–H groups in total. The molecule has 3 rings (SSSR count). The minimum atomic E-state index is 0.236. The highest BCUT2D eigenvalue weighted by molar-refractivity contribution is 5.89. The topological polar surface area (TPSA) is 37.3 Å². The van der Waals surface area contributed by atoms with Crippen molar-refractivity contribution in [3.05, 3.63) is 35.5 Å². The molecule has 1 aromatic carbocycles. The first kappa shape index (κ1) is 13.2. The average molecular weight is 271 g/mol. The maximum atomic E-state index is 12.4. The van der Waals surface area contributed by atoms with Crippen LogP contribution in [0.4, 0.5) is 0 Å². The van der Waals surface area contributed by atoms with Crippen LogP contribution in [0, 0.1) is 6.92 Å². The van der Waals surface area contributed by atoms with Gasteiger partial charge < -0.3 is 14.8 Å². The van der Waals surface area contributed by atoms with Gasteiger partial charge in [-0.2, -0.15) is 0 Å². The Kier molecular flexibility index (Phi) is 3.49. The molecule has 1 aliphatic rings. The summed E-state index contributed by atoms with van der Waals surface area (Å²) < 4.78 is 2.11. The number of aryl methyl sites for hydroxylation is 2. The molecule has 0 spiro atoms. The highest BCUT2D eigenvalue weighted by Gasteiger charge is 2.18. The number of amides is 1. The second-order valence-electron chi connectivity index (χ2n) is 5.59. The summed E-state index contributed by atoms with van der Waals surface area (Å²) in [5.74, 6) is 0.236. The van der Waals surface area contributed by atoms with E-state index in [4.69, 9.17) is 0 Å². The second kappa shape index (κ2) is 5.29. The molecule has 0 bridgehead atoms. The van der Waals surface area contributed by atoms with Crippen LogP contribution in [-0.2, 0) is 18.3 Å². The lowest BCUT2D eigenvalue weighted by Crippen LogP contribution is -2.46. The van der Waals surface area contributed by atoms with Crippen LogP contribution in [0.15, 0.2) is 24.4 Å². The number of aromatic nitrogens is 1. The van der Waals surface area contributed by atoms with Gasteiger partial charge in [0.1, 0.15) is 0 Å². The molecular formula is C16H21N3O. The summed E-state index contributed by atoms with van der Waals surface area (Å²) in [6, 6.07) is 6.42. The lowest BCUT2D eigenvalue weighted by molar-refractivity contribution is -0.131. The van der Waals surface area contributed by atoms with Gasteiger partial charge in [0, 0.05) is 50.3 Å². The zero-order valence-corrected chi connectivity index (χ0v) is 12.1. The van der Waals surface area contributed by atoms with Gasteiger partial charge in [-0.3, -0.25) is 4.79 Å².